The number of anilines is 2. The van der Waals surface area contributed by atoms with Crippen LogP contribution in [-0.4, -0.2) is 27.3 Å². The van der Waals surface area contributed by atoms with E-state index < -0.39 is 5.25 Å². The summed E-state index contributed by atoms with van der Waals surface area (Å²) in [7, 11) is 0. The van der Waals surface area contributed by atoms with Gasteiger partial charge in [0.2, 0.25) is 17.7 Å². The van der Waals surface area contributed by atoms with Crippen LogP contribution in [0.5, 0.6) is 0 Å². The highest BCUT2D eigenvalue weighted by molar-refractivity contribution is 8.00. The molecule has 0 spiro atoms. The summed E-state index contributed by atoms with van der Waals surface area (Å²) < 4.78 is 5.61. The van der Waals surface area contributed by atoms with Crippen molar-refractivity contribution in [1.82, 2.24) is 10.2 Å². The number of nitrogens with one attached hydrogen (secondary N) is 2. The molecule has 27 heavy (non-hydrogen) atoms. The van der Waals surface area contributed by atoms with Gasteiger partial charge in [0.15, 0.2) is 0 Å². The number of amides is 2. The Morgan fingerprint density at radius 2 is 1.59 bits per heavy atom. The summed E-state index contributed by atoms with van der Waals surface area (Å²) in [5.74, 6) is 0.0808. The van der Waals surface area contributed by atoms with Gasteiger partial charge in [-0.25, -0.2) is 0 Å². The van der Waals surface area contributed by atoms with E-state index in [9.17, 15) is 9.59 Å². The fourth-order valence-corrected chi connectivity index (χ4v) is 2.93. The van der Waals surface area contributed by atoms with E-state index in [-0.39, 0.29) is 11.8 Å². The van der Waals surface area contributed by atoms with Crippen LogP contribution in [0.25, 0.3) is 11.5 Å². The zero-order chi connectivity index (χ0) is 19.2. The molecule has 2 amide bonds. The molecule has 138 valence electrons. The first kappa shape index (κ1) is 18.7. The van der Waals surface area contributed by atoms with Crippen LogP contribution in [0.3, 0.4) is 0 Å². The third kappa shape index (κ3) is 5.18. The molecule has 2 aromatic carbocycles. The first-order valence-electron chi connectivity index (χ1n) is 8.25. The highest BCUT2D eigenvalue weighted by Crippen LogP contribution is 2.26. The van der Waals surface area contributed by atoms with Crippen molar-refractivity contribution in [2.75, 3.05) is 10.6 Å². The van der Waals surface area contributed by atoms with Crippen molar-refractivity contribution in [2.24, 2.45) is 0 Å². The quantitative estimate of drug-likeness (QED) is 0.629. The van der Waals surface area contributed by atoms with Gasteiger partial charge in [-0.3, -0.25) is 9.59 Å². The van der Waals surface area contributed by atoms with Gasteiger partial charge in [0.1, 0.15) is 0 Å². The maximum Gasteiger partial charge on any atom is 0.277 e. The topological polar surface area (TPSA) is 97.1 Å². The molecule has 0 saturated heterocycles. The fraction of sp³-hybridized carbons (Fsp3) is 0.158. The van der Waals surface area contributed by atoms with Gasteiger partial charge in [0.05, 0.1) is 5.25 Å². The molecule has 7 nitrogen and oxygen atoms in total. The van der Waals surface area contributed by atoms with Crippen LogP contribution >= 0.6 is 11.8 Å². The largest absolute Gasteiger partial charge is 0.411 e. The van der Waals surface area contributed by atoms with Gasteiger partial charge in [-0.15, -0.1) is 10.2 Å². The molecule has 2 N–H and O–H groups in total. The molecule has 1 aromatic heterocycles. The summed E-state index contributed by atoms with van der Waals surface area (Å²) in [6.45, 7) is 3.20. The van der Waals surface area contributed by atoms with E-state index in [0.717, 1.165) is 5.56 Å². The van der Waals surface area contributed by atoms with Crippen LogP contribution in [0, 0.1) is 0 Å². The van der Waals surface area contributed by atoms with Crippen molar-refractivity contribution < 1.29 is 14.0 Å². The molecule has 0 unspecified atom stereocenters. The van der Waals surface area contributed by atoms with Crippen LogP contribution in [-0.2, 0) is 9.59 Å². The third-order valence-electron chi connectivity index (χ3n) is 3.55. The zero-order valence-corrected chi connectivity index (χ0v) is 15.6. The van der Waals surface area contributed by atoms with Crippen LogP contribution in [0.15, 0.2) is 64.2 Å². The average Bonchev–Trinajstić information content (AvgIpc) is 3.12. The van der Waals surface area contributed by atoms with Gasteiger partial charge in [-0.05, 0) is 43.3 Å². The van der Waals surface area contributed by atoms with Gasteiger partial charge in [0, 0.05) is 23.9 Å². The molecule has 0 aliphatic heterocycles. The van der Waals surface area contributed by atoms with Gasteiger partial charge in [-0.1, -0.05) is 30.0 Å². The SMILES string of the molecule is CC(=O)Nc1ccc(NC(=O)[C@H](C)Sc2nnc(-c3ccccc3)o2)cc1. The lowest BCUT2D eigenvalue weighted by atomic mass is 10.2. The third-order valence-corrected chi connectivity index (χ3v) is 4.48. The Kier molecular flexibility index (Phi) is 5.87. The van der Waals surface area contributed by atoms with Crippen molar-refractivity contribution in [3.05, 3.63) is 54.6 Å². The molecule has 8 heteroatoms. The van der Waals surface area contributed by atoms with Crippen molar-refractivity contribution >= 4 is 35.0 Å². The first-order valence-corrected chi connectivity index (χ1v) is 9.13. The summed E-state index contributed by atoms with van der Waals surface area (Å²) in [5.41, 5.74) is 2.13. The maximum atomic E-state index is 12.4. The minimum Gasteiger partial charge on any atom is -0.411 e. The summed E-state index contributed by atoms with van der Waals surface area (Å²) in [6, 6.07) is 16.3. The van der Waals surface area contributed by atoms with Crippen molar-refractivity contribution in [3.63, 3.8) is 0 Å². The molecule has 3 aromatic rings. The van der Waals surface area contributed by atoms with E-state index in [2.05, 4.69) is 20.8 Å². The minimum absolute atomic E-state index is 0.147. The Morgan fingerprint density at radius 3 is 2.22 bits per heavy atom. The fourth-order valence-electron chi connectivity index (χ4n) is 2.24. The molecule has 1 heterocycles. The van der Waals surface area contributed by atoms with Crippen LogP contribution < -0.4 is 10.6 Å². The van der Waals surface area contributed by atoms with Crippen molar-refractivity contribution in [2.45, 2.75) is 24.3 Å². The van der Waals surface area contributed by atoms with Gasteiger partial charge in [0.25, 0.3) is 5.22 Å². The van der Waals surface area contributed by atoms with Crippen molar-refractivity contribution in [1.29, 1.82) is 0 Å². The molecule has 1 atom stereocenters. The second-order valence-corrected chi connectivity index (χ2v) is 7.04. The van der Waals surface area contributed by atoms with Crippen molar-refractivity contribution in [3.8, 4) is 11.5 Å². The highest BCUT2D eigenvalue weighted by Gasteiger charge is 2.19. The van der Waals surface area contributed by atoms with E-state index >= 15 is 0 Å². The molecule has 0 radical (unpaired) electrons. The van der Waals surface area contributed by atoms with E-state index in [1.54, 1.807) is 31.2 Å². The number of nitrogens with zero attached hydrogens (tertiary/aromatic N) is 2. The number of rotatable bonds is 6. The average molecular weight is 382 g/mol. The van der Waals surface area contributed by atoms with Crippen LogP contribution in [0.1, 0.15) is 13.8 Å². The standard InChI is InChI=1S/C19H18N4O3S/c1-12(17(25)21-16-10-8-15(9-11-16)20-13(2)24)27-19-23-22-18(26-19)14-6-4-3-5-7-14/h3-12H,1-2H3,(H,20,24)(H,21,25)/t12-/m0/s1. The van der Waals surface area contributed by atoms with E-state index in [1.165, 1.54) is 18.7 Å². The lowest BCUT2D eigenvalue weighted by molar-refractivity contribution is -0.115. The number of hydrogen-bond donors (Lipinski definition) is 2. The highest BCUT2D eigenvalue weighted by atomic mass is 32.2. The van der Waals surface area contributed by atoms with Gasteiger partial charge in [-0.2, -0.15) is 0 Å². The number of carbonyl (C=O) groups excluding carboxylic acids is 2. The summed E-state index contributed by atoms with van der Waals surface area (Å²) in [4.78, 5) is 23.4. The lowest BCUT2D eigenvalue weighted by Crippen LogP contribution is -2.22. The molecule has 3 rings (SSSR count). The number of hydrogen-bond acceptors (Lipinski definition) is 6. The number of thioether (sulfide) groups is 1. The molecule has 0 fully saturated rings. The maximum absolute atomic E-state index is 12.4. The molecule has 0 saturated carbocycles. The number of carbonyl (C=O) groups is 2. The Morgan fingerprint density at radius 1 is 0.963 bits per heavy atom. The lowest BCUT2D eigenvalue weighted by Gasteiger charge is -2.10. The number of aromatic nitrogens is 2. The molecular formula is C19H18N4O3S. The Hall–Kier alpha value is -3.13. The molecular weight excluding hydrogens is 364 g/mol. The molecule has 0 bridgehead atoms. The summed E-state index contributed by atoms with van der Waals surface area (Å²) >= 11 is 1.19. The zero-order valence-electron chi connectivity index (χ0n) is 14.8. The van der Waals surface area contributed by atoms with Gasteiger partial charge >= 0.3 is 0 Å². The number of benzene rings is 2. The summed E-state index contributed by atoms with van der Waals surface area (Å²) in [5, 5.41) is 13.4. The van der Waals surface area contributed by atoms with Crippen LogP contribution in [0.4, 0.5) is 11.4 Å². The normalized spacial score (nSPS) is 11.6. The first-order chi connectivity index (χ1) is 13.0. The monoisotopic (exact) mass is 382 g/mol. The van der Waals surface area contributed by atoms with E-state index in [1.807, 2.05) is 30.3 Å². The second-order valence-electron chi connectivity index (χ2n) is 5.75. The Labute approximate surface area is 160 Å². The van der Waals surface area contributed by atoms with Crippen LogP contribution in [0.2, 0.25) is 0 Å². The predicted molar refractivity (Wildman–Crippen MR) is 104 cm³/mol. The summed E-state index contributed by atoms with van der Waals surface area (Å²) in [6.07, 6.45) is 0. The molecule has 0 aliphatic carbocycles. The van der Waals surface area contributed by atoms with Gasteiger partial charge < -0.3 is 15.1 Å². The van der Waals surface area contributed by atoms with E-state index in [0.29, 0.717) is 22.5 Å². The minimum atomic E-state index is -0.427. The molecule has 0 aliphatic rings. The Balaban J connectivity index is 1.58. The smallest absolute Gasteiger partial charge is 0.277 e. The Bertz CT molecular complexity index is 926. The second kappa shape index (κ2) is 8.50. The van der Waals surface area contributed by atoms with E-state index in [4.69, 9.17) is 4.42 Å². The predicted octanol–water partition coefficient (Wildman–Crippen LogP) is 3.81.